The molecule has 7 nitrogen and oxygen atoms in total. The summed E-state index contributed by atoms with van der Waals surface area (Å²) >= 11 is 0. The van der Waals surface area contributed by atoms with Crippen LogP contribution in [0.4, 0.5) is 0 Å². The van der Waals surface area contributed by atoms with Gasteiger partial charge >= 0.3 is 0 Å². The first-order valence-corrected chi connectivity index (χ1v) is 9.51. The summed E-state index contributed by atoms with van der Waals surface area (Å²) in [5.74, 6) is 2.72. The molecule has 0 saturated carbocycles. The Hall–Kier alpha value is -2.64. The second-order valence-electron chi connectivity index (χ2n) is 7.23. The van der Waals surface area contributed by atoms with Gasteiger partial charge in [0, 0.05) is 11.8 Å². The van der Waals surface area contributed by atoms with E-state index in [4.69, 9.17) is 28.4 Å². The predicted octanol–water partition coefficient (Wildman–Crippen LogP) is 3.50. The maximum atomic E-state index is 9.87. The van der Waals surface area contributed by atoms with Gasteiger partial charge in [0.25, 0.3) is 0 Å². The van der Waals surface area contributed by atoms with Crippen LogP contribution in [0.15, 0.2) is 30.3 Å². The molecule has 2 aliphatic rings. The summed E-state index contributed by atoms with van der Waals surface area (Å²) in [5.41, 5.74) is 1.95. The SMILES string of the molecule is COc1cc(C2OC[C@@H]3[C@@H](c4cc(OC)c(OC)c(OC)c4)OC[C@H]23)ccc1O. The zero-order valence-electron chi connectivity index (χ0n) is 17.0. The molecule has 2 saturated heterocycles. The van der Waals surface area contributed by atoms with Crippen molar-refractivity contribution in [1.82, 2.24) is 0 Å². The van der Waals surface area contributed by atoms with E-state index in [1.165, 1.54) is 7.11 Å². The van der Waals surface area contributed by atoms with E-state index in [0.717, 1.165) is 11.1 Å². The highest BCUT2D eigenvalue weighted by atomic mass is 16.5. The van der Waals surface area contributed by atoms with E-state index in [1.54, 1.807) is 27.4 Å². The van der Waals surface area contributed by atoms with E-state index < -0.39 is 0 Å². The van der Waals surface area contributed by atoms with Gasteiger partial charge < -0.3 is 33.5 Å². The van der Waals surface area contributed by atoms with Crippen molar-refractivity contribution in [3.05, 3.63) is 41.5 Å². The molecule has 0 aromatic heterocycles. The van der Waals surface area contributed by atoms with Crippen LogP contribution in [-0.2, 0) is 9.47 Å². The first-order chi connectivity index (χ1) is 14.1. The van der Waals surface area contributed by atoms with Gasteiger partial charge in [0.2, 0.25) is 5.75 Å². The molecule has 0 amide bonds. The van der Waals surface area contributed by atoms with Crippen molar-refractivity contribution >= 4 is 0 Å². The molecular weight excluding hydrogens is 376 g/mol. The first-order valence-electron chi connectivity index (χ1n) is 9.51. The molecule has 2 aromatic carbocycles. The number of hydrogen-bond donors (Lipinski definition) is 1. The molecule has 2 aliphatic heterocycles. The zero-order valence-corrected chi connectivity index (χ0v) is 17.0. The monoisotopic (exact) mass is 402 g/mol. The topological polar surface area (TPSA) is 75.6 Å². The van der Waals surface area contributed by atoms with Crippen LogP contribution >= 0.6 is 0 Å². The number of benzene rings is 2. The van der Waals surface area contributed by atoms with E-state index in [-0.39, 0.29) is 29.8 Å². The van der Waals surface area contributed by atoms with E-state index >= 15 is 0 Å². The Morgan fingerprint density at radius 3 is 1.76 bits per heavy atom. The molecule has 0 spiro atoms. The molecule has 29 heavy (non-hydrogen) atoms. The standard InChI is InChI=1S/C22H26O7/c1-24-17-7-12(5-6-16(17)23)20-14-10-29-21(15(14)11-28-20)13-8-18(25-2)22(27-4)19(9-13)26-3/h5-9,14-15,20-21,23H,10-11H2,1-4H3/t14-,15-,20?,21+/m0/s1. The van der Waals surface area contributed by atoms with Gasteiger partial charge in [-0.1, -0.05) is 6.07 Å². The Balaban J connectivity index is 1.61. The van der Waals surface area contributed by atoms with Crippen LogP contribution in [-0.4, -0.2) is 46.8 Å². The molecule has 0 bridgehead atoms. The Kier molecular flexibility index (Phi) is 5.43. The normalized spacial score (nSPS) is 25.5. The number of hydrogen-bond acceptors (Lipinski definition) is 7. The van der Waals surface area contributed by atoms with Crippen molar-refractivity contribution < 1.29 is 33.5 Å². The van der Waals surface area contributed by atoms with Crippen LogP contribution in [0.3, 0.4) is 0 Å². The van der Waals surface area contributed by atoms with E-state index in [9.17, 15) is 5.11 Å². The lowest BCUT2D eigenvalue weighted by Gasteiger charge is -2.20. The van der Waals surface area contributed by atoms with Crippen molar-refractivity contribution in [1.29, 1.82) is 0 Å². The number of aromatic hydroxyl groups is 1. The molecule has 2 aromatic rings. The Morgan fingerprint density at radius 1 is 0.724 bits per heavy atom. The van der Waals surface area contributed by atoms with Crippen LogP contribution in [0.25, 0.3) is 0 Å². The highest BCUT2D eigenvalue weighted by Gasteiger charge is 2.48. The molecule has 4 atom stereocenters. The van der Waals surface area contributed by atoms with Crippen LogP contribution in [0.2, 0.25) is 0 Å². The smallest absolute Gasteiger partial charge is 0.203 e. The second-order valence-corrected chi connectivity index (χ2v) is 7.23. The number of rotatable bonds is 6. The van der Waals surface area contributed by atoms with Gasteiger partial charge in [-0.2, -0.15) is 0 Å². The molecule has 1 N–H and O–H groups in total. The van der Waals surface area contributed by atoms with Crippen LogP contribution in [0, 0.1) is 11.8 Å². The summed E-state index contributed by atoms with van der Waals surface area (Å²) in [6.07, 6.45) is -0.237. The number of phenols is 1. The Morgan fingerprint density at radius 2 is 1.24 bits per heavy atom. The second kappa shape index (κ2) is 8.00. The van der Waals surface area contributed by atoms with Gasteiger partial charge in [-0.05, 0) is 35.4 Å². The average molecular weight is 402 g/mol. The minimum atomic E-state index is -0.127. The molecule has 2 fully saturated rings. The molecule has 4 rings (SSSR count). The maximum absolute atomic E-state index is 9.87. The fourth-order valence-corrected chi connectivity index (χ4v) is 4.37. The summed E-state index contributed by atoms with van der Waals surface area (Å²) < 4.78 is 34.0. The number of phenolic OH excluding ortho intramolecular Hbond substituents is 1. The van der Waals surface area contributed by atoms with Gasteiger partial charge in [0.05, 0.1) is 53.9 Å². The summed E-state index contributed by atoms with van der Waals surface area (Å²) in [4.78, 5) is 0. The van der Waals surface area contributed by atoms with Crippen molar-refractivity contribution in [2.24, 2.45) is 11.8 Å². The minimum absolute atomic E-state index is 0.110. The summed E-state index contributed by atoms with van der Waals surface area (Å²) in [6.45, 7) is 1.17. The van der Waals surface area contributed by atoms with Crippen molar-refractivity contribution in [2.45, 2.75) is 12.2 Å². The molecule has 2 heterocycles. The molecule has 156 valence electrons. The predicted molar refractivity (Wildman–Crippen MR) is 105 cm³/mol. The zero-order chi connectivity index (χ0) is 20.5. The van der Waals surface area contributed by atoms with Crippen LogP contribution in [0.5, 0.6) is 28.7 Å². The number of methoxy groups -OCH3 is 4. The number of fused-ring (bicyclic) bond motifs is 1. The third-order valence-electron chi connectivity index (χ3n) is 5.81. The van der Waals surface area contributed by atoms with Gasteiger partial charge in [-0.25, -0.2) is 0 Å². The lowest BCUT2D eigenvalue weighted by Crippen LogP contribution is -2.15. The van der Waals surface area contributed by atoms with E-state index in [0.29, 0.717) is 36.2 Å². The molecule has 7 heteroatoms. The van der Waals surface area contributed by atoms with Gasteiger partial charge in [0.1, 0.15) is 0 Å². The molecular formula is C22H26O7. The van der Waals surface area contributed by atoms with Gasteiger partial charge in [-0.15, -0.1) is 0 Å². The Bertz CT molecular complexity index is 856. The van der Waals surface area contributed by atoms with E-state index in [2.05, 4.69) is 0 Å². The van der Waals surface area contributed by atoms with Gasteiger partial charge in [0.15, 0.2) is 23.0 Å². The first kappa shape index (κ1) is 19.7. The van der Waals surface area contributed by atoms with E-state index in [1.807, 2.05) is 24.3 Å². The van der Waals surface area contributed by atoms with Gasteiger partial charge in [-0.3, -0.25) is 0 Å². The average Bonchev–Trinajstić information content (AvgIpc) is 3.35. The highest BCUT2D eigenvalue weighted by Crippen LogP contribution is 2.52. The fraction of sp³-hybridized carbons (Fsp3) is 0.455. The fourth-order valence-electron chi connectivity index (χ4n) is 4.37. The quantitative estimate of drug-likeness (QED) is 0.792. The lowest BCUT2D eigenvalue weighted by molar-refractivity contribution is 0.0191. The van der Waals surface area contributed by atoms with Crippen molar-refractivity contribution in [2.75, 3.05) is 41.7 Å². The molecule has 0 radical (unpaired) electrons. The third-order valence-corrected chi connectivity index (χ3v) is 5.81. The maximum Gasteiger partial charge on any atom is 0.203 e. The Labute approximate surface area is 170 Å². The van der Waals surface area contributed by atoms with Crippen LogP contribution < -0.4 is 18.9 Å². The summed E-state index contributed by atoms with van der Waals surface area (Å²) in [5, 5.41) is 9.87. The minimum Gasteiger partial charge on any atom is -0.504 e. The summed E-state index contributed by atoms with van der Waals surface area (Å²) in [6, 6.07) is 9.21. The van der Waals surface area contributed by atoms with Crippen molar-refractivity contribution in [3.63, 3.8) is 0 Å². The van der Waals surface area contributed by atoms with Crippen molar-refractivity contribution in [3.8, 4) is 28.7 Å². The lowest BCUT2D eigenvalue weighted by atomic mass is 9.84. The molecule has 1 unspecified atom stereocenters. The largest absolute Gasteiger partial charge is 0.504 e. The molecule has 0 aliphatic carbocycles. The van der Waals surface area contributed by atoms with Crippen LogP contribution in [0.1, 0.15) is 23.3 Å². The number of ether oxygens (including phenoxy) is 6. The summed E-state index contributed by atoms with van der Waals surface area (Å²) in [7, 11) is 6.33. The highest BCUT2D eigenvalue weighted by molar-refractivity contribution is 5.54. The third kappa shape index (κ3) is 3.34.